The summed E-state index contributed by atoms with van der Waals surface area (Å²) in [7, 11) is 3.25. The second-order valence-corrected chi connectivity index (χ2v) is 5.78. The third-order valence-corrected chi connectivity index (χ3v) is 4.23. The molecule has 1 heterocycles. The normalized spacial score (nSPS) is 10.3. The van der Waals surface area contributed by atoms with Crippen LogP contribution in [0.1, 0.15) is 29.8 Å². The summed E-state index contributed by atoms with van der Waals surface area (Å²) >= 11 is 0. The Hall–Kier alpha value is -2.76. The average Bonchev–Trinajstić information content (AvgIpc) is 2.69. The summed E-state index contributed by atoms with van der Waals surface area (Å²) < 4.78 is 10.6. The van der Waals surface area contributed by atoms with Crippen molar-refractivity contribution in [2.24, 2.45) is 0 Å². The number of nitrogens with one attached hydrogen (secondary N) is 1. The van der Waals surface area contributed by atoms with Crippen molar-refractivity contribution in [1.29, 1.82) is 0 Å². The van der Waals surface area contributed by atoms with E-state index in [2.05, 4.69) is 10.3 Å². The van der Waals surface area contributed by atoms with E-state index in [1.54, 1.807) is 25.3 Å². The zero-order valence-electron chi connectivity index (χ0n) is 15.9. The number of pyridine rings is 1. The number of benzene rings is 1. The third-order valence-electron chi connectivity index (χ3n) is 4.23. The number of methoxy groups -OCH3 is 2. The molecule has 0 aliphatic heterocycles. The fourth-order valence-electron chi connectivity index (χ4n) is 2.69. The topological polar surface area (TPSA) is 63.7 Å². The van der Waals surface area contributed by atoms with Crippen molar-refractivity contribution in [2.45, 2.75) is 20.3 Å². The maximum Gasteiger partial charge on any atom is 0.255 e. The Kier molecular flexibility index (Phi) is 7.26. The Balaban J connectivity index is 1.91. The lowest BCUT2D eigenvalue weighted by Gasteiger charge is -2.18. The zero-order chi connectivity index (χ0) is 18.9. The number of amides is 1. The Morgan fingerprint density at radius 3 is 2.38 bits per heavy atom. The molecule has 26 heavy (non-hydrogen) atoms. The van der Waals surface area contributed by atoms with Crippen LogP contribution in [-0.2, 0) is 6.42 Å². The highest BCUT2D eigenvalue weighted by molar-refractivity contribution is 5.94. The van der Waals surface area contributed by atoms with Crippen molar-refractivity contribution in [3.63, 3.8) is 0 Å². The Labute approximate surface area is 155 Å². The Morgan fingerprint density at radius 1 is 1.08 bits per heavy atom. The van der Waals surface area contributed by atoms with Crippen LogP contribution in [0.15, 0.2) is 36.5 Å². The van der Waals surface area contributed by atoms with Crippen molar-refractivity contribution in [1.82, 2.24) is 9.88 Å². The molecule has 0 fully saturated rings. The molecule has 1 aromatic heterocycles. The zero-order valence-corrected chi connectivity index (χ0v) is 15.9. The first-order valence-electron chi connectivity index (χ1n) is 8.83. The molecule has 0 atom stereocenters. The molecule has 0 aliphatic rings. The van der Waals surface area contributed by atoms with E-state index in [-0.39, 0.29) is 5.91 Å². The summed E-state index contributed by atoms with van der Waals surface area (Å²) in [5.74, 6) is 2.21. The average molecular weight is 357 g/mol. The highest BCUT2D eigenvalue weighted by Crippen LogP contribution is 2.27. The molecule has 2 rings (SSSR count). The maximum absolute atomic E-state index is 12.3. The summed E-state index contributed by atoms with van der Waals surface area (Å²) in [4.78, 5) is 18.4. The number of hydrogen-bond acceptors (Lipinski definition) is 5. The number of carbonyl (C=O) groups is 1. The first-order valence-corrected chi connectivity index (χ1v) is 8.83. The summed E-state index contributed by atoms with van der Waals surface area (Å²) in [6, 6.07) is 9.54. The minimum atomic E-state index is 0.0133. The van der Waals surface area contributed by atoms with E-state index < -0.39 is 0 Å². The van der Waals surface area contributed by atoms with Gasteiger partial charge >= 0.3 is 0 Å². The number of hydrogen-bond donors (Lipinski definition) is 1. The molecule has 0 saturated carbocycles. The van der Waals surface area contributed by atoms with Gasteiger partial charge in [-0.25, -0.2) is 4.98 Å². The lowest BCUT2D eigenvalue weighted by molar-refractivity contribution is 0.0772. The molecular weight excluding hydrogens is 330 g/mol. The van der Waals surface area contributed by atoms with Crippen molar-refractivity contribution in [2.75, 3.05) is 39.2 Å². The number of rotatable bonds is 9. The molecule has 6 nitrogen and oxygen atoms in total. The smallest absolute Gasteiger partial charge is 0.255 e. The minimum Gasteiger partial charge on any atom is -0.493 e. The molecule has 2 aromatic rings. The summed E-state index contributed by atoms with van der Waals surface area (Å²) in [6.07, 6.45) is 2.45. The van der Waals surface area contributed by atoms with Crippen LogP contribution < -0.4 is 14.8 Å². The van der Waals surface area contributed by atoms with Crippen LogP contribution in [0.5, 0.6) is 11.5 Å². The van der Waals surface area contributed by atoms with Crippen LogP contribution in [0.4, 0.5) is 5.82 Å². The molecule has 0 saturated heterocycles. The van der Waals surface area contributed by atoms with Gasteiger partial charge in [0.1, 0.15) is 5.82 Å². The lowest BCUT2D eigenvalue weighted by atomic mass is 10.1. The molecule has 1 amide bonds. The van der Waals surface area contributed by atoms with Gasteiger partial charge in [0.15, 0.2) is 11.5 Å². The van der Waals surface area contributed by atoms with Crippen LogP contribution in [0.25, 0.3) is 0 Å². The SMILES string of the molecule is CCN(CC)C(=O)c1ccc(NCCc2ccc(OC)c(OC)c2)nc1. The van der Waals surface area contributed by atoms with E-state index in [0.29, 0.717) is 18.7 Å². The number of aromatic nitrogens is 1. The van der Waals surface area contributed by atoms with Crippen LogP contribution in [-0.4, -0.2) is 49.6 Å². The van der Waals surface area contributed by atoms with E-state index in [9.17, 15) is 4.79 Å². The lowest BCUT2D eigenvalue weighted by Crippen LogP contribution is -2.30. The van der Waals surface area contributed by atoms with Gasteiger partial charge in [0.05, 0.1) is 19.8 Å². The van der Waals surface area contributed by atoms with Crippen molar-refractivity contribution in [3.05, 3.63) is 47.7 Å². The van der Waals surface area contributed by atoms with Crippen LogP contribution in [0.2, 0.25) is 0 Å². The molecular formula is C20H27N3O3. The van der Waals surface area contributed by atoms with Gasteiger partial charge in [0.25, 0.3) is 5.91 Å². The quantitative estimate of drug-likeness (QED) is 0.746. The second-order valence-electron chi connectivity index (χ2n) is 5.78. The van der Waals surface area contributed by atoms with Gasteiger partial charge in [0, 0.05) is 25.8 Å². The summed E-state index contributed by atoms with van der Waals surface area (Å²) in [5, 5.41) is 3.27. The molecule has 1 aromatic carbocycles. The van der Waals surface area contributed by atoms with Crippen LogP contribution in [0, 0.1) is 0 Å². The number of nitrogens with zero attached hydrogens (tertiary/aromatic N) is 2. The standard InChI is InChI=1S/C20H27N3O3/c1-5-23(6-2)20(24)16-8-10-19(22-14-16)21-12-11-15-7-9-17(25-3)18(13-15)26-4/h7-10,13-14H,5-6,11-12H2,1-4H3,(H,21,22). The molecule has 1 N–H and O–H groups in total. The molecule has 0 aliphatic carbocycles. The van der Waals surface area contributed by atoms with Gasteiger partial charge in [-0.05, 0) is 50.1 Å². The number of ether oxygens (including phenoxy) is 2. The predicted molar refractivity (Wildman–Crippen MR) is 103 cm³/mol. The third kappa shape index (κ3) is 4.88. The van der Waals surface area contributed by atoms with Gasteiger partial charge < -0.3 is 19.7 Å². The van der Waals surface area contributed by atoms with E-state index in [1.165, 1.54) is 0 Å². The molecule has 0 unspecified atom stereocenters. The van der Waals surface area contributed by atoms with Crippen molar-refractivity contribution in [3.8, 4) is 11.5 Å². The van der Waals surface area contributed by atoms with Gasteiger partial charge in [-0.1, -0.05) is 6.07 Å². The molecule has 0 bridgehead atoms. The largest absolute Gasteiger partial charge is 0.493 e. The van der Waals surface area contributed by atoms with Gasteiger partial charge in [-0.2, -0.15) is 0 Å². The van der Waals surface area contributed by atoms with E-state index in [1.807, 2.05) is 44.2 Å². The van der Waals surface area contributed by atoms with Crippen molar-refractivity contribution < 1.29 is 14.3 Å². The van der Waals surface area contributed by atoms with Gasteiger partial charge in [-0.3, -0.25) is 4.79 Å². The molecule has 140 valence electrons. The van der Waals surface area contributed by atoms with E-state index in [0.717, 1.165) is 35.8 Å². The van der Waals surface area contributed by atoms with Gasteiger partial charge in [0.2, 0.25) is 0 Å². The highest BCUT2D eigenvalue weighted by atomic mass is 16.5. The molecule has 0 radical (unpaired) electrons. The molecule has 6 heteroatoms. The fraction of sp³-hybridized carbons (Fsp3) is 0.400. The molecule has 0 spiro atoms. The second kappa shape index (κ2) is 9.65. The van der Waals surface area contributed by atoms with Crippen LogP contribution >= 0.6 is 0 Å². The Morgan fingerprint density at radius 2 is 1.81 bits per heavy atom. The van der Waals surface area contributed by atoms with Crippen molar-refractivity contribution >= 4 is 11.7 Å². The maximum atomic E-state index is 12.3. The van der Waals surface area contributed by atoms with E-state index in [4.69, 9.17) is 9.47 Å². The van der Waals surface area contributed by atoms with Crippen LogP contribution in [0.3, 0.4) is 0 Å². The first-order chi connectivity index (χ1) is 12.6. The van der Waals surface area contributed by atoms with E-state index >= 15 is 0 Å². The monoisotopic (exact) mass is 357 g/mol. The summed E-state index contributed by atoms with van der Waals surface area (Å²) in [5.41, 5.74) is 1.75. The minimum absolute atomic E-state index is 0.0133. The predicted octanol–water partition coefficient (Wildman–Crippen LogP) is 3.24. The van der Waals surface area contributed by atoms with Gasteiger partial charge in [-0.15, -0.1) is 0 Å². The highest BCUT2D eigenvalue weighted by Gasteiger charge is 2.12. The number of anilines is 1. The number of carbonyl (C=O) groups excluding carboxylic acids is 1. The Bertz CT molecular complexity index is 713. The summed E-state index contributed by atoms with van der Waals surface area (Å²) in [6.45, 7) is 6.06. The fourth-order valence-corrected chi connectivity index (χ4v) is 2.69. The first kappa shape index (κ1) is 19.6.